The summed E-state index contributed by atoms with van der Waals surface area (Å²) in [5.74, 6) is 2.56. The highest BCUT2D eigenvalue weighted by atomic mass is 15.0. The van der Waals surface area contributed by atoms with Gasteiger partial charge in [-0.15, -0.1) is 0 Å². The van der Waals surface area contributed by atoms with Crippen LogP contribution in [0.1, 0.15) is 79.6 Å². The van der Waals surface area contributed by atoms with E-state index in [0.717, 1.165) is 19.0 Å². The van der Waals surface area contributed by atoms with Crippen molar-refractivity contribution in [3.05, 3.63) is 22.8 Å². The highest BCUT2D eigenvalue weighted by molar-refractivity contribution is 5.34. The second-order valence-electron chi connectivity index (χ2n) is 6.11. The minimum Gasteiger partial charge on any atom is -0.307 e. The van der Waals surface area contributed by atoms with Crippen LogP contribution in [0, 0.1) is 0 Å². The van der Waals surface area contributed by atoms with E-state index in [4.69, 9.17) is 9.97 Å². The van der Waals surface area contributed by atoms with Gasteiger partial charge in [0.05, 0.1) is 11.4 Å². The molecule has 1 N–H and O–H groups in total. The van der Waals surface area contributed by atoms with Gasteiger partial charge in [-0.3, -0.25) is 0 Å². The molecule has 2 aliphatic carbocycles. The van der Waals surface area contributed by atoms with Gasteiger partial charge in [-0.2, -0.15) is 0 Å². The fraction of sp³-hybridized carbons (Fsp3) is 0.733. The lowest BCUT2D eigenvalue weighted by atomic mass is 9.88. The van der Waals surface area contributed by atoms with Crippen LogP contribution in [-0.4, -0.2) is 9.97 Å². The number of rotatable bonds is 2. The predicted octanol–water partition coefficient (Wildman–Crippen LogP) is 3.00. The van der Waals surface area contributed by atoms with Crippen molar-refractivity contribution in [1.82, 2.24) is 15.3 Å². The number of aromatic nitrogens is 2. The molecule has 1 aliphatic heterocycles. The maximum absolute atomic E-state index is 4.98. The van der Waals surface area contributed by atoms with Crippen LogP contribution < -0.4 is 5.32 Å². The van der Waals surface area contributed by atoms with E-state index < -0.39 is 0 Å². The summed E-state index contributed by atoms with van der Waals surface area (Å²) in [6, 6.07) is 0. The number of nitrogens with one attached hydrogen (secondary N) is 1. The Labute approximate surface area is 108 Å². The molecule has 3 nitrogen and oxygen atoms in total. The minimum absolute atomic E-state index is 0.641. The first kappa shape index (κ1) is 10.9. The molecular weight excluding hydrogens is 222 g/mol. The summed E-state index contributed by atoms with van der Waals surface area (Å²) >= 11 is 0. The van der Waals surface area contributed by atoms with Crippen molar-refractivity contribution in [2.45, 2.75) is 69.9 Å². The zero-order valence-electron chi connectivity index (χ0n) is 10.9. The molecule has 4 rings (SSSR count). The molecule has 1 aromatic heterocycles. The largest absolute Gasteiger partial charge is 0.307 e. The molecule has 2 fully saturated rings. The Morgan fingerprint density at radius 3 is 2.44 bits per heavy atom. The maximum Gasteiger partial charge on any atom is 0.132 e. The van der Waals surface area contributed by atoms with E-state index in [1.165, 1.54) is 67.7 Å². The molecule has 0 unspecified atom stereocenters. The van der Waals surface area contributed by atoms with Gasteiger partial charge in [-0.05, 0) is 25.7 Å². The van der Waals surface area contributed by atoms with Gasteiger partial charge in [-0.1, -0.05) is 19.3 Å². The molecule has 0 radical (unpaired) electrons. The summed E-state index contributed by atoms with van der Waals surface area (Å²) in [5, 5.41) is 3.44. The van der Waals surface area contributed by atoms with E-state index in [-0.39, 0.29) is 0 Å². The maximum atomic E-state index is 4.98. The Hall–Kier alpha value is -0.960. The van der Waals surface area contributed by atoms with Crippen LogP contribution >= 0.6 is 0 Å². The number of fused-ring (bicyclic) bond motifs is 1. The summed E-state index contributed by atoms with van der Waals surface area (Å²) in [6.45, 7) is 1.95. The molecule has 0 saturated heterocycles. The molecule has 0 aromatic carbocycles. The van der Waals surface area contributed by atoms with Crippen molar-refractivity contribution in [2.75, 3.05) is 0 Å². The highest BCUT2D eigenvalue weighted by Crippen LogP contribution is 2.43. The Morgan fingerprint density at radius 2 is 1.67 bits per heavy atom. The highest BCUT2D eigenvalue weighted by Gasteiger charge is 2.32. The van der Waals surface area contributed by atoms with Crippen molar-refractivity contribution >= 4 is 0 Å². The molecule has 2 saturated carbocycles. The summed E-state index contributed by atoms with van der Waals surface area (Å²) in [6.07, 6.45) is 9.41. The first-order valence-corrected chi connectivity index (χ1v) is 7.52. The Bertz CT molecular complexity index is 459. The van der Waals surface area contributed by atoms with E-state index in [1.54, 1.807) is 0 Å². The number of nitrogens with zero attached hydrogens (tertiary/aromatic N) is 2. The Kier molecular flexibility index (Phi) is 2.61. The van der Waals surface area contributed by atoms with Crippen LogP contribution in [0.2, 0.25) is 0 Å². The zero-order valence-corrected chi connectivity index (χ0v) is 10.9. The molecule has 0 spiro atoms. The van der Waals surface area contributed by atoms with E-state index >= 15 is 0 Å². The van der Waals surface area contributed by atoms with Crippen molar-refractivity contribution in [2.24, 2.45) is 0 Å². The van der Waals surface area contributed by atoms with Gasteiger partial charge in [0, 0.05) is 30.5 Å². The SMILES string of the molecule is C1CCC(c2nc3c(c(C4CC4)n2)CNC3)CC1. The lowest BCUT2D eigenvalue weighted by Gasteiger charge is -2.21. The minimum atomic E-state index is 0.641. The van der Waals surface area contributed by atoms with Gasteiger partial charge >= 0.3 is 0 Å². The average Bonchev–Trinajstić information content (AvgIpc) is 3.16. The predicted molar refractivity (Wildman–Crippen MR) is 70.4 cm³/mol. The van der Waals surface area contributed by atoms with Gasteiger partial charge in [0.2, 0.25) is 0 Å². The molecule has 18 heavy (non-hydrogen) atoms. The molecule has 1 aromatic rings. The van der Waals surface area contributed by atoms with Crippen molar-refractivity contribution < 1.29 is 0 Å². The van der Waals surface area contributed by atoms with Crippen molar-refractivity contribution in [3.63, 3.8) is 0 Å². The third-order valence-corrected chi connectivity index (χ3v) is 4.67. The van der Waals surface area contributed by atoms with Crippen LogP contribution in [0.25, 0.3) is 0 Å². The molecule has 2 heterocycles. The number of hydrogen-bond donors (Lipinski definition) is 1. The monoisotopic (exact) mass is 243 g/mol. The molecule has 3 aliphatic rings. The molecule has 0 amide bonds. The topological polar surface area (TPSA) is 37.8 Å². The third-order valence-electron chi connectivity index (χ3n) is 4.67. The van der Waals surface area contributed by atoms with E-state index in [2.05, 4.69) is 5.32 Å². The fourth-order valence-corrected chi connectivity index (χ4v) is 3.45. The molecule has 96 valence electrons. The molecular formula is C15H21N3. The Balaban J connectivity index is 1.72. The summed E-state index contributed by atoms with van der Waals surface area (Å²) in [4.78, 5) is 9.85. The third kappa shape index (κ3) is 1.85. The Morgan fingerprint density at radius 1 is 0.833 bits per heavy atom. The zero-order chi connectivity index (χ0) is 11.9. The first-order valence-electron chi connectivity index (χ1n) is 7.52. The van der Waals surface area contributed by atoms with Crippen LogP contribution in [0.3, 0.4) is 0 Å². The summed E-state index contributed by atoms with van der Waals surface area (Å²) in [5.41, 5.74) is 4.12. The second kappa shape index (κ2) is 4.30. The van der Waals surface area contributed by atoms with Crippen molar-refractivity contribution in [3.8, 4) is 0 Å². The van der Waals surface area contributed by atoms with Crippen LogP contribution in [0.15, 0.2) is 0 Å². The molecule has 0 bridgehead atoms. The second-order valence-corrected chi connectivity index (χ2v) is 6.11. The lowest BCUT2D eigenvalue weighted by Crippen LogP contribution is -2.12. The van der Waals surface area contributed by atoms with E-state index in [0.29, 0.717) is 5.92 Å². The normalized spacial score (nSPS) is 24.2. The van der Waals surface area contributed by atoms with Gasteiger partial charge in [0.15, 0.2) is 0 Å². The first-order chi connectivity index (χ1) is 8.92. The summed E-state index contributed by atoms with van der Waals surface area (Å²) < 4.78 is 0. The van der Waals surface area contributed by atoms with Gasteiger partial charge in [0.1, 0.15) is 5.82 Å². The van der Waals surface area contributed by atoms with E-state index in [1.807, 2.05) is 0 Å². The lowest BCUT2D eigenvalue weighted by molar-refractivity contribution is 0.426. The van der Waals surface area contributed by atoms with Crippen LogP contribution in [0.4, 0.5) is 0 Å². The van der Waals surface area contributed by atoms with Crippen LogP contribution in [-0.2, 0) is 13.1 Å². The van der Waals surface area contributed by atoms with Crippen molar-refractivity contribution in [1.29, 1.82) is 0 Å². The summed E-state index contributed by atoms with van der Waals surface area (Å²) in [7, 11) is 0. The van der Waals surface area contributed by atoms with Gasteiger partial charge in [-0.25, -0.2) is 9.97 Å². The van der Waals surface area contributed by atoms with Gasteiger partial charge in [0.25, 0.3) is 0 Å². The quantitative estimate of drug-likeness (QED) is 0.867. The van der Waals surface area contributed by atoms with Crippen LogP contribution in [0.5, 0.6) is 0 Å². The number of hydrogen-bond acceptors (Lipinski definition) is 3. The molecule has 0 atom stereocenters. The van der Waals surface area contributed by atoms with Gasteiger partial charge < -0.3 is 5.32 Å². The molecule has 3 heteroatoms. The smallest absolute Gasteiger partial charge is 0.132 e. The van der Waals surface area contributed by atoms with E-state index in [9.17, 15) is 0 Å². The fourth-order valence-electron chi connectivity index (χ4n) is 3.45. The standard InChI is InChI=1S/C15H21N3/c1-2-4-11(5-3-1)15-17-13-9-16-8-12(13)14(18-15)10-6-7-10/h10-11,16H,1-9H2. The average molecular weight is 243 g/mol.